The van der Waals surface area contributed by atoms with E-state index in [1.165, 1.54) is 23.1 Å². The van der Waals surface area contributed by atoms with Crippen molar-refractivity contribution in [2.45, 2.75) is 25.8 Å². The van der Waals surface area contributed by atoms with Crippen LogP contribution in [0.1, 0.15) is 36.1 Å². The molecule has 2 rings (SSSR count). The summed E-state index contributed by atoms with van der Waals surface area (Å²) in [6.45, 7) is 2.21. The maximum absolute atomic E-state index is 5.95. The summed E-state index contributed by atoms with van der Waals surface area (Å²) >= 11 is 5.95. The lowest BCUT2D eigenvalue weighted by Gasteiger charge is -2.18. The van der Waals surface area contributed by atoms with Crippen LogP contribution in [-0.2, 0) is 6.42 Å². The minimum absolute atomic E-state index is 0.217. The molecule has 0 aliphatic rings. The molecule has 0 saturated heterocycles. The normalized spacial score (nSPS) is 12.4. The maximum atomic E-state index is 5.95. The number of hydrogen-bond donors (Lipinski definition) is 1. The molecular formula is C17H20ClN. The van der Waals surface area contributed by atoms with Gasteiger partial charge in [0.2, 0.25) is 0 Å². The van der Waals surface area contributed by atoms with Crippen LogP contribution >= 0.6 is 11.6 Å². The number of halogens is 1. The van der Waals surface area contributed by atoms with Gasteiger partial charge in [0.1, 0.15) is 0 Å². The topological polar surface area (TPSA) is 12.0 Å². The van der Waals surface area contributed by atoms with Gasteiger partial charge in [0.15, 0.2) is 0 Å². The summed E-state index contributed by atoms with van der Waals surface area (Å²) in [5, 5.41) is 4.16. The Bertz CT molecular complexity index is 519. The lowest BCUT2D eigenvalue weighted by molar-refractivity contribution is 0.690. The molecule has 19 heavy (non-hydrogen) atoms. The lowest BCUT2D eigenvalue weighted by atomic mass is 9.96. The van der Waals surface area contributed by atoms with Crippen LogP contribution in [0.2, 0.25) is 5.02 Å². The smallest absolute Gasteiger partial charge is 0.0574 e. The highest BCUT2D eigenvalue weighted by atomic mass is 35.5. The van der Waals surface area contributed by atoms with Gasteiger partial charge in [-0.1, -0.05) is 61.3 Å². The Morgan fingerprint density at radius 1 is 1.05 bits per heavy atom. The van der Waals surface area contributed by atoms with E-state index in [9.17, 15) is 0 Å². The molecule has 1 N–H and O–H groups in total. The number of benzene rings is 2. The van der Waals surface area contributed by atoms with Gasteiger partial charge in [0, 0.05) is 5.02 Å². The van der Waals surface area contributed by atoms with Gasteiger partial charge in [0.25, 0.3) is 0 Å². The zero-order valence-electron chi connectivity index (χ0n) is 11.5. The van der Waals surface area contributed by atoms with Crippen LogP contribution in [0.25, 0.3) is 0 Å². The van der Waals surface area contributed by atoms with Gasteiger partial charge in [-0.25, -0.2) is 0 Å². The zero-order valence-corrected chi connectivity index (χ0v) is 12.2. The fourth-order valence-electron chi connectivity index (χ4n) is 2.40. The molecule has 1 nitrogen and oxygen atoms in total. The van der Waals surface area contributed by atoms with Crippen LogP contribution in [0, 0.1) is 0 Å². The van der Waals surface area contributed by atoms with E-state index >= 15 is 0 Å². The first-order chi connectivity index (χ1) is 9.24. The van der Waals surface area contributed by atoms with Crippen LogP contribution in [-0.4, -0.2) is 7.05 Å². The first kappa shape index (κ1) is 14.1. The first-order valence-corrected chi connectivity index (χ1v) is 7.14. The molecule has 0 amide bonds. The van der Waals surface area contributed by atoms with Crippen molar-refractivity contribution in [1.29, 1.82) is 0 Å². The highest BCUT2D eigenvalue weighted by Crippen LogP contribution is 2.24. The van der Waals surface area contributed by atoms with E-state index in [-0.39, 0.29) is 6.04 Å². The van der Waals surface area contributed by atoms with Gasteiger partial charge >= 0.3 is 0 Å². The minimum Gasteiger partial charge on any atom is -0.309 e. The summed E-state index contributed by atoms with van der Waals surface area (Å²) < 4.78 is 0. The van der Waals surface area contributed by atoms with Crippen molar-refractivity contribution in [3.8, 4) is 0 Å². The molecular weight excluding hydrogens is 254 g/mol. The summed E-state index contributed by atoms with van der Waals surface area (Å²) in [5.41, 5.74) is 3.94. The Balaban J connectivity index is 2.30. The van der Waals surface area contributed by atoms with E-state index in [0.29, 0.717) is 0 Å². The van der Waals surface area contributed by atoms with E-state index in [4.69, 9.17) is 11.6 Å². The molecule has 1 unspecified atom stereocenters. The molecule has 0 heterocycles. The van der Waals surface area contributed by atoms with Gasteiger partial charge in [-0.2, -0.15) is 0 Å². The van der Waals surface area contributed by atoms with E-state index in [0.717, 1.165) is 11.4 Å². The molecule has 0 aliphatic carbocycles. The predicted molar refractivity (Wildman–Crippen MR) is 82.8 cm³/mol. The highest BCUT2D eigenvalue weighted by molar-refractivity contribution is 6.30. The van der Waals surface area contributed by atoms with Crippen LogP contribution in [0.3, 0.4) is 0 Å². The fourth-order valence-corrected chi connectivity index (χ4v) is 2.52. The average Bonchev–Trinajstić information content (AvgIpc) is 2.43. The minimum atomic E-state index is 0.217. The molecule has 0 aromatic heterocycles. The van der Waals surface area contributed by atoms with Crippen LogP contribution in [0.15, 0.2) is 48.5 Å². The molecule has 0 aliphatic heterocycles. The quantitative estimate of drug-likeness (QED) is 0.839. The second kappa shape index (κ2) is 6.74. The van der Waals surface area contributed by atoms with E-state index < -0.39 is 0 Å². The molecule has 0 radical (unpaired) electrons. The third kappa shape index (κ3) is 3.59. The Kier molecular flexibility index (Phi) is 5.00. The standard InChI is InChI=1S/C17H20ClN/c1-3-5-13-6-4-7-15(12-13)17(19-2)14-8-10-16(18)11-9-14/h4,6-12,17,19H,3,5H2,1-2H3. The number of aryl methyl sites for hydroxylation is 1. The van der Waals surface area contributed by atoms with Crippen LogP contribution in [0.4, 0.5) is 0 Å². The van der Waals surface area contributed by atoms with Crippen molar-refractivity contribution in [2.75, 3.05) is 7.05 Å². The molecule has 0 fully saturated rings. The maximum Gasteiger partial charge on any atom is 0.0574 e. The molecule has 2 heteroatoms. The molecule has 0 bridgehead atoms. The lowest BCUT2D eigenvalue weighted by Crippen LogP contribution is -2.17. The number of hydrogen-bond acceptors (Lipinski definition) is 1. The fraction of sp³-hybridized carbons (Fsp3) is 0.294. The van der Waals surface area contributed by atoms with E-state index in [1.807, 2.05) is 19.2 Å². The molecule has 0 saturated carbocycles. The number of nitrogens with one attached hydrogen (secondary N) is 1. The molecule has 2 aromatic carbocycles. The second-order valence-corrected chi connectivity index (χ2v) is 5.20. The van der Waals surface area contributed by atoms with Gasteiger partial charge < -0.3 is 5.32 Å². The summed E-state index contributed by atoms with van der Waals surface area (Å²) in [6, 6.07) is 17.1. The summed E-state index contributed by atoms with van der Waals surface area (Å²) in [6.07, 6.45) is 2.31. The van der Waals surface area contributed by atoms with Crippen molar-refractivity contribution in [2.24, 2.45) is 0 Å². The van der Waals surface area contributed by atoms with Crippen molar-refractivity contribution in [3.05, 3.63) is 70.2 Å². The molecule has 2 aromatic rings. The summed E-state index contributed by atoms with van der Waals surface area (Å²) in [5.74, 6) is 0. The Labute approximate surface area is 120 Å². The van der Waals surface area contributed by atoms with Gasteiger partial charge in [0.05, 0.1) is 6.04 Å². The Morgan fingerprint density at radius 3 is 2.42 bits per heavy atom. The van der Waals surface area contributed by atoms with E-state index in [2.05, 4.69) is 48.6 Å². The monoisotopic (exact) mass is 273 g/mol. The van der Waals surface area contributed by atoms with Crippen LogP contribution in [0.5, 0.6) is 0 Å². The highest BCUT2D eigenvalue weighted by Gasteiger charge is 2.11. The van der Waals surface area contributed by atoms with Gasteiger partial charge in [-0.05, 0) is 42.3 Å². The molecule has 1 atom stereocenters. The van der Waals surface area contributed by atoms with Gasteiger partial charge in [-0.15, -0.1) is 0 Å². The first-order valence-electron chi connectivity index (χ1n) is 6.76. The predicted octanol–water partition coefficient (Wildman–Crippen LogP) is 4.60. The molecule has 100 valence electrons. The Hall–Kier alpha value is -1.31. The zero-order chi connectivity index (χ0) is 13.7. The van der Waals surface area contributed by atoms with Crippen molar-refractivity contribution in [1.82, 2.24) is 5.32 Å². The SMILES string of the molecule is CCCc1cccc(C(NC)c2ccc(Cl)cc2)c1. The Morgan fingerprint density at radius 2 is 1.79 bits per heavy atom. The van der Waals surface area contributed by atoms with Crippen molar-refractivity contribution >= 4 is 11.6 Å². The van der Waals surface area contributed by atoms with Crippen molar-refractivity contribution in [3.63, 3.8) is 0 Å². The van der Waals surface area contributed by atoms with E-state index in [1.54, 1.807) is 0 Å². The summed E-state index contributed by atoms with van der Waals surface area (Å²) in [7, 11) is 1.99. The van der Waals surface area contributed by atoms with Gasteiger partial charge in [-0.3, -0.25) is 0 Å². The van der Waals surface area contributed by atoms with Crippen molar-refractivity contribution < 1.29 is 0 Å². The van der Waals surface area contributed by atoms with Crippen LogP contribution < -0.4 is 5.32 Å². The third-order valence-corrected chi connectivity index (χ3v) is 3.57. The largest absolute Gasteiger partial charge is 0.309 e. The average molecular weight is 274 g/mol. The molecule has 0 spiro atoms. The second-order valence-electron chi connectivity index (χ2n) is 4.77. The third-order valence-electron chi connectivity index (χ3n) is 3.32. The number of rotatable bonds is 5. The summed E-state index contributed by atoms with van der Waals surface area (Å²) in [4.78, 5) is 0.